The molecular formula is C15H14ClFN2O2. The molecule has 2 aromatic carbocycles. The first kappa shape index (κ1) is 15.3. The minimum atomic E-state index is -0.867. The number of urea groups is 1. The lowest BCUT2D eigenvalue weighted by Crippen LogP contribution is -2.32. The number of aliphatic hydroxyl groups is 1. The lowest BCUT2D eigenvalue weighted by atomic mass is 10.1. The van der Waals surface area contributed by atoms with Crippen molar-refractivity contribution in [2.75, 3.05) is 11.9 Å². The van der Waals surface area contributed by atoms with Crippen LogP contribution in [0.3, 0.4) is 0 Å². The van der Waals surface area contributed by atoms with Gasteiger partial charge in [-0.1, -0.05) is 35.9 Å². The van der Waals surface area contributed by atoms with E-state index in [4.69, 9.17) is 11.6 Å². The number of carbonyl (C=O) groups excluding carboxylic acids is 1. The van der Waals surface area contributed by atoms with Crippen LogP contribution in [0.2, 0.25) is 5.02 Å². The van der Waals surface area contributed by atoms with Crippen molar-refractivity contribution in [2.24, 2.45) is 0 Å². The van der Waals surface area contributed by atoms with Crippen LogP contribution in [0.25, 0.3) is 0 Å². The van der Waals surface area contributed by atoms with E-state index in [1.807, 2.05) is 0 Å². The first-order valence-electron chi connectivity index (χ1n) is 6.29. The highest BCUT2D eigenvalue weighted by atomic mass is 35.5. The highest BCUT2D eigenvalue weighted by Gasteiger charge is 2.10. The number of para-hydroxylation sites is 1. The molecule has 3 N–H and O–H groups in total. The highest BCUT2D eigenvalue weighted by Crippen LogP contribution is 2.16. The second-order valence-electron chi connectivity index (χ2n) is 4.38. The van der Waals surface area contributed by atoms with Crippen molar-refractivity contribution in [2.45, 2.75) is 6.10 Å². The molecule has 0 aliphatic carbocycles. The van der Waals surface area contributed by atoms with Crippen LogP contribution in [0, 0.1) is 5.82 Å². The number of carbonyl (C=O) groups is 1. The van der Waals surface area contributed by atoms with E-state index in [0.717, 1.165) is 0 Å². The smallest absolute Gasteiger partial charge is 0.319 e. The zero-order chi connectivity index (χ0) is 15.2. The second-order valence-corrected chi connectivity index (χ2v) is 4.82. The van der Waals surface area contributed by atoms with Gasteiger partial charge < -0.3 is 15.7 Å². The Labute approximate surface area is 126 Å². The maximum Gasteiger partial charge on any atom is 0.319 e. The van der Waals surface area contributed by atoms with Crippen molar-refractivity contribution in [3.63, 3.8) is 0 Å². The summed E-state index contributed by atoms with van der Waals surface area (Å²) in [5.41, 5.74) is 0.710. The molecule has 0 aliphatic rings. The molecule has 4 nitrogen and oxygen atoms in total. The van der Waals surface area contributed by atoms with Crippen molar-refractivity contribution in [1.82, 2.24) is 5.32 Å². The number of nitrogens with one attached hydrogen (secondary N) is 2. The maximum absolute atomic E-state index is 13.3. The SMILES string of the molecule is O=C(NC[C@@H](O)c1ccc(Cl)cc1)Nc1ccccc1F. The Kier molecular flexibility index (Phi) is 5.14. The summed E-state index contributed by atoms with van der Waals surface area (Å²) < 4.78 is 13.3. The number of benzene rings is 2. The van der Waals surface area contributed by atoms with Crippen molar-refractivity contribution in [1.29, 1.82) is 0 Å². The Hall–Kier alpha value is -2.11. The van der Waals surface area contributed by atoms with Gasteiger partial charge >= 0.3 is 6.03 Å². The number of aliphatic hydroxyl groups excluding tert-OH is 1. The molecule has 6 heteroatoms. The first-order valence-corrected chi connectivity index (χ1v) is 6.67. The summed E-state index contributed by atoms with van der Waals surface area (Å²) in [5.74, 6) is -0.522. The Morgan fingerprint density at radius 3 is 2.52 bits per heavy atom. The van der Waals surface area contributed by atoms with E-state index in [9.17, 15) is 14.3 Å². The van der Waals surface area contributed by atoms with Gasteiger partial charge in [-0.2, -0.15) is 0 Å². The average Bonchev–Trinajstić information content (AvgIpc) is 2.48. The normalized spacial score (nSPS) is 11.8. The fraction of sp³-hybridized carbons (Fsp3) is 0.133. The van der Waals surface area contributed by atoms with Crippen molar-refractivity contribution in [3.8, 4) is 0 Å². The predicted octanol–water partition coefficient (Wildman–Crippen LogP) is 3.33. The molecule has 110 valence electrons. The molecule has 2 rings (SSSR count). The lowest BCUT2D eigenvalue weighted by molar-refractivity contribution is 0.175. The maximum atomic E-state index is 13.3. The standard InChI is InChI=1S/C15H14ClFN2O2/c16-11-7-5-10(6-8-11)14(20)9-18-15(21)19-13-4-2-1-3-12(13)17/h1-8,14,20H,9H2,(H2,18,19,21)/t14-/m1/s1. The monoisotopic (exact) mass is 308 g/mol. The van der Waals surface area contributed by atoms with Crippen LogP contribution in [-0.2, 0) is 0 Å². The molecular weight excluding hydrogens is 295 g/mol. The Morgan fingerprint density at radius 2 is 1.86 bits per heavy atom. The summed E-state index contributed by atoms with van der Waals surface area (Å²) in [7, 11) is 0. The third-order valence-electron chi connectivity index (χ3n) is 2.83. The van der Waals surface area contributed by atoms with E-state index >= 15 is 0 Å². The van der Waals surface area contributed by atoms with Gasteiger partial charge in [0.05, 0.1) is 11.8 Å². The first-order chi connectivity index (χ1) is 10.1. The quantitative estimate of drug-likeness (QED) is 0.811. The largest absolute Gasteiger partial charge is 0.387 e. The molecule has 0 aromatic heterocycles. The molecule has 2 aromatic rings. The molecule has 0 fully saturated rings. The summed E-state index contributed by atoms with van der Waals surface area (Å²) >= 11 is 5.75. The van der Waals surface area contributed by atoms with Crippen LogP contribution in [0.15, 0.2) is 48.5 Å². The van der Waals surface area contributed by atoms with Crippen LogP contribution in [0.4, 0.5) is 14.9 Å². The van der Waals surface area contributed by atoms with Crippen molar-refractivity contribution < 1.29 is 14.3 Å². The van der Waals surface area contributed by atoms with E-state index in [-0.39, 0.29) is 12.2 Å². The zero-order valence-corrected chi connectivity index (χ0v) is 11.8. The van der Waals surface area contributed by atoms with E-state index in [1.165, 1.54) is 18.2 Å². The summed E-state index contributed by atoms with van der Waals surface area (Å²) in [5, 5.41) is 15.3. The van der Waals surface area contributed by atoms with Crippen LogP contribution in [0.1, 0.15) is 11.7 Å². The van der Waals surface area contributed by atoms with Gasteiger partial charge in [0.15, 0.2) is 0 Å². The minimum Gasteiger partial charge on any atom is -0.387 e. The molecule has 0 aliphatic heterocycles. The Balaban J connectivity index is 1.86. The topological polar surface area (TPSA) is 61.4 Å². The van der Waals surface area contributed by atoms with Gasteiger partial charge in [-0.15, -0.1) is 0 Å². The molecule has 0 spiro atoms. The van der Waals surface area contributed by atoms with Crippen LogP contribution >= 0.6 is 11.6 Å². The van der Waals surface area contributed by atoms with Crippen molar-refractivity contribution >= 4 is 23.3 Å². The average molecular weight is 309 g/mol. The number of anilines is 1. The van der Waals surface area contributed by atoms with Crippen LogP contribution < -0.4 is 10.6 Å². The number of hydrogen-bond acceptors (Lipinski definition) is 2. The molecule has 0 bridgehead atoms. The number of amides is 2. The van der Waals surface area contributed by atoms with Crippen molar-refractivity contribution in [3.05, 3.63) is 64.9 Å². The van der Waals surface area contributed by atoms with Gasteiger partial charge in [0, 0.05) is 11.6 Å². The molecule has 21 heavy (non-hydrogen) atoms. The van der Waals surface area contributed by atoms with Gasteiger partial charge in [-0.05, 0) is 29.8 Å². The molecule has 0 radical (unpaired) electrons. The fourth-order valence-corrected chi connectivity index (χ4v) is 1.85. The van der Waals surface area contributed by atoms with E-state index in [2.05, 4.69) is 10.6 Å². The summed E-state index contributed by atoms with van der Waals surface area (Å²) in [6.45, 7) is 0.00190. The molecule has 2 amide bonds. The number of rotatable bonds is 4. The fourth-order valence-electron chi connectivity index (χ4n) is 1.72. The Bertz CT molecular complexity index is 619. The van der Waals surface area contributed by atoms with Gasteiger partial charge in [0.2, 0.25) is 0 Å². The number of halogens is 2. The summed E-state index contributed by atoms with van der Waals surface area (Å²) in [6, 6.07) is 11.9. The predicted molar refractivity (Wildman–Crippen MR) is 79.8 cm³/mol. The Morgan fingerprint density at radius 1 is 1.19 bits per heavy atom. The minimum absolute atomic E-state index is 0.00190. The molecule has 0 heterocycles. The van der Waals surface area contributed by atoms with Crippen LogP contribution in [-0.4, -0.2) is 17.7 Å². The van der Waals surface area contributed by atoms with Gasteiger partial charge in [-0.3, -0.25) is 0 Å². The van der Waals surface area contributed by atoms with Gasteiger partial charge in [0.1, 0.15) is 5.82 Å². The summed E-state index contributed by atoms with van der Waals surface area (Å²) in [4.78, 5) is 11.6. The van der Waals surface area contributed by atoms with Crippen LogP contribution in [0.5, 0.6) is 0 Å². The second kappa shape index (κ2) is 7.06. The highest BCUT2D eigenvalue weighted by molar-refractivity contribution is 6.30. The number of hydrogen-bond donors (Lipinski definition) is 3. The molecule has 1 atom stereocenters. The third kappa shape index (κ3) is 4.44. The molecule has 0 unspecified atom stereocenters. The molecule has 0 saturated heterocycles. The zero-order valence-electron chi connectivity index (χ0n) is 11.0. The molecule has 0 saturated carbocycles. The van der Waals surface area contributed by atoms with E-state index < -0.39 is 18.0 Å². The van der Waals surface area contributed by atoms with Gasteiger partial charge in [-0.25, -0.2) is 9.18 Å². The summed E-state index contributed by atoms with van der Waals surface area (Å²) in [6.07, 6.45) is -0.867. The van der Waals surface area contributed by atoms with Gasteiger partial charge in [0.25, 0.3) is 0 Å². The van der Waals surface area contributed by atoms with E-state index in [1.54, 1.807) is 30.3 Å². The van der Waals surface area contributed by atoms with E-state index in [0.29, 0.717) is 10.6 Å². The third-order valence-corrected chi connectivity index (χ3v) is 3.08. The lowest BCUT2D eigenvalue weighted by Gasteiger charge is -2.13.